The molecule has 0 unspecified atom stereocenters. The maximum absolute atomic E-state index is 11.5. The Hall–Kier alpha value is -1.52. The first-order valence-electron chi connectivity index (χ1n) is 5.13. The first-order valence-corrected chi connectivity index (χ1v) is 5.13. The minimum Gasteiger partial charge on any atom is -0.461 e. The van der Waals surface area contributed by atoms with Crippen molar-refractivity contribution in [1.82, 2.24) is 9.78 Å². The zero-order valence-electron chi connectivity index (χ0n) is 8.77. The molecule has 1 aromatic rings. The van der Waals surface area contributed by atoms with Crippen LogP contribution in [0.25, 0.3) is 0 Å². The SMILES string of the molecule is Cn1cc(N)c(C(=O)OCCC2CC2)n1. The third-order valence-electron chi connectivity index (χ3n) is 2.51. The summed E-state index contributed by atoms with van der Waals surface area (Å²) in [6, 6.07) is 0. The van der Waals surface area contributed by atoms with Crippen LogP contribution in [0.4, 0.5) is 5.69 Å². The summed E-state index contributed by atoms with van der Waals surface area (Å²) in [5.74, 6) is 0.340. The van der Waals surface area contributed by atoms with Crippen molar-refractivity contribution in [3.05, 3.63) is 11.9 Å². The van der Waals surface area contributed by atoms with E-state index in [2.05, 4.69) is 5.10 Å². The van der Waals surface area contributed by atoms with E-state index in [0.717, 1.165) is 12.3 Å². The van der Waals surface area contributed by atoms with E-state index >= 15 is 0 Å². The molecular weight excluding hydrogens is 194 g/mol. The highest BCUT2D eigenvalue weighted by atomic mass is 16.5. The van der Waals surface area contributed by atoms with Crippen molar-refractivity contribution in [1.29, 1.82) is 0 Å². The Morgan fingerprint density at radius 1 is 1.73 bits per heavy atom. The summed E-state index contributed by atoms with van der Waals surface area (Å²) < 4.78 is 6.59. The van der Waals surface area contributed by atoms with Crippen molar-refractivity contribution in [2.75, 3.05) is 12.3 Å². The summed E-state index contributed by atoms with van der Waals surface area (Å²) >= 11 is 0. The van der Waals surface area contributed by atoms with Crippen molar-refractivity contribution >= 4 is 11.7 Å². The van der Waals surface area contributed by atoms with E-state index in [1.54, 1.807) is 13.2 Å². The first-order chi connectivity index (χ1) is 7.16. The van der Waals surface area contributed by atoms with Gasteiger partial charge in [-0.2, -0.15) is 5.10 Å². The Morgan fingerprint density at radius 3 is 3.00 bits per heavy atom. The molecule has 82 valence electrons. The van der Waals surface area contributed by atoms with E-state index in [4.69, 9.17) is 10.5 Å². The second-order valence-electron chi connectivity index (χ2n) is 3.97. The van der Waals surface area contributed by atoms with Gasteiger partial charge in [0.2, 0.25) is 0 Å². The number of anilines is 1. The van der Waals surface area contributed by atoms with Crippen LogP contribution in [0, 0.1) is 5.92 Å². The van der Waals surface area contributed by atoms with Gasteiger partial charge in [0.15, 0.2) is 5.69 Å². The number of nitrogens with zero attached hydrogens (tertiary/aromatic N) is 2. The molecule has 0 spiro atoms. The number of hydrogen-bond acceptors (Lipinski definition) is 4. The third kappa shape index (κ3) is 2.49. The fourth-order valence-corrected chi connectivity index (χ4v) is 1.46. The molecule has 5 heteroatoms. The van der Waals surface area contributed by atoms with Gasteiger partial charge in [-0.05, 0) is 12.3 Å². The van der Waals surface area contributed by atoms with Crippen molar-refractivity contribution < 1.29 is 9.53 Å². The van der Waals surface area contributed by atoms with Gasteiger partial charge in [0.1, 0.15) is 0 Å². The molecule has 0 bridgehead atoms. The molecule has 1 fully saturated rings. The Balaban J connectivity index is 1.86. The number of carbonyl (C=O) groups is 1. The largest absolute Gasteiger partial charge is 0.461 e. The summed E-state index contributed by atoms with van der Waals surface area (Å²) in [4.78, 5) is 11.5. The van der Waals surface area contributed by atoms with Crippen LogP contribution in [-0.4, -0.2) is 22.4 Å². The molecule has 1 aliphatic carbocycles. The van der Waals surface area contributed by atoms with Gasteiger partial charge >= 0.3 is 5.97 Å². The fraction of sp³-hybridized carbons (Fsp3) is 0.600. The Bertz CT molecular complexity index is 369. The van der Waals surface area contributed by atoms with Crippen LogP contribution in [0.15, 0.2) is 6.20 Å². The molecular formula is C10H15N3O2. The van der Waals surface area contributed by atoms with E-state index in [1.165, 1.54) is 17.5 Å². The third-order valence-corrected chi connectivity index (χ3v) is 2.51. The number of rotatable bonds is 4. The maximum atomic E-state index is 11.5. The monoisotopic (exact) mass is 209 g/mol. The molecule has 15 heavy (non-hydrogen) atoms. The molecule has 1 aliphatic rings. The highest BCUT2D eigenvalue weighted by Crippen LogP contribution is 2.32. The highest BCUT2D eigenvalue weighted by Gasteiger charge is 2.22. The Morgan fingerprint density at radius 2 is 2.47 bits per heavy atom. The van der Waals surface area contributed by atoms with Crippen molar-refractivity contribution in [3.63, 3.8) is 0 Å². The predicted octanol–water partition coefficient (Wildman–Crippen LogP) is 0.959. The number of esters is 1. The number of nitrogen functional groups attached to an aromatic ring is 1. The molecule has 1 saturated carbocycles. The summed E-state index contributed by atoms with van der Waals surface area (Å²) in [6.07, 6.45) is 5.09. The lowest BCUT2D eigenvalue weighted by Gasteiger charge is -2.01. The van der Waals surface area contributed by atoms with Gasteiger partial charge in [-0.15, -0.1) is 0 Å². The molecule has 2 rings (SSSR count). The number of aromatic nitrogens is 2. The van der Waals surface area contributed by atoms with Crippen molar-refractivity contribution in [3.8, 4) is 0 Å². The van der Waals surface area contributed by atoms with Gasteiger partial charge in [-0.3, -0.25) is 4.68 Å². The van der Waals surface area contributed by atoms with E-state index in [1.807, 2.05) is 0 Å². The molecule has 1 heterocycles. The van der Waals surface area contributed by atoms with Crippen LogP contribution in [0.2, 0.25) is 0 Å². The molecule has 5 nitrogen and oxygen atoms in total. The van der Waals surface area contributed by atoms with E-state index < -0.39 is 5.97 Å². The molecule has 0 radical (unpaired) electrons. The van der Waals surface area contributed by atoms with E-state index in [0.29, 0.717) is 12.3 Å². The van der Waals surface area contributed by atoms with Gasteiger partial charge in [0, 0.05) is 13.2 Å². The highest BCUT2D eigenvalue weighted by molar-refractivity contribution is 5.92. The number of aryl methyl sites for hydroxylation is 1. The number of ether oxygens (including phenoxy) is 1. The summed E-state index contributed by atoms with van der Waals surface area (Å²) in [6.45, 7) is 0.472. The second kappa shape index (κ2) is 3.92. The van der Waals surface area contributed by atoms with Crippen LogP contribution < -0.4 is 5.73 Å². The fourth-order valence-electron chi connectivity index (χ4n) is 1.46. The first kappa shape index (κ1) is 10.0. The quantitative estimate of drug-likeness (QED) is 0.750. The Labute approximate surface area is 88.2 Å². The van der Waals surface area contributed by atoms with Crippen LogP contribution in [0.3, 0.4) is 0 Å². The average Bonchev–Trinajstić information content (AvgIpc) is 2.92. The van der Waals surface area contributed by atoms with Gasteiger partial charge in [0.25, 0.3) is 0 Å². The van der Waals surface area contributed by atoms with Gasteiger partial charge in [-0.25, -0.2) is 4.79 Å². The topological polar surface area (TPSA) is 70.1 Å². The summed E-state index contributed by atoms with van der Waals surface area (Å²) in [5, 5.41) is 3.94. The van der Waals surface area contributed by atoms with Gasteiger partial charge < -0.3 is 10.5 Å². The van der Waals surface area contributed by atoms with E-state index in [9.17, 15) is 4.79 Å². The summed E-state index contributed by atoms with van der Waals surface area (Å²) in [7, 11) is 1.72. The lowest BCUT2D eigenvalue weighted by atomic mass is 10.3. The average molecular weight is 209 g/mol. The maximum Gasteiger partial charge on any atom is 0.361 e. The number of nitrogens with two attached hydrogens (primary N) is 1. The second-order valence-corrected chi connectivity index (χ2v) is 3.97. The number of hydrogen-bond donors (Lipinski definition) is 1. The smallest absolute Gasteiger partial charge is 0.361 e. The summed E-state index contributed by atoms with van der Waals surface area (Å²) in [5.41, 5.74) is 6.19. The lowest BCUT2D eigenvalue weighted by molar-refractivity contribution is 0.0488. The zero-order valence-corrected chi connectivity index (χ0v) is 8.77. The Kier molecular flexibility index (Phi) is 2.62. The zero-order chi connectivity index (χ0) is 10.8. The van der Waals surface area contributed by atoms with Gasteiger partial charge in [-0.1, -0.05) is 12.8 Å². The van der Waals surface area contributed by atoms with Gasteiger partial charge in [0.05, 0.1) is 12.3 Å². The van der Waals surface area contributed by atoms with Crippen LogP contribution >= 0.6 is 0 Å². The number of carbonyl (C=O) groups excluding carboxylic acids is 1. The lowest BCUT2D eigenvalue weighted by Crippen LogP contribution is -2.10. The van der Waals surface area contributed by atoms with Crippen LogP contribution in [0.5, 0.6) is 0 Å². The molecule has 0 amide bonds. The van der Waals surface area contributed by atoms with Crippen LogP contribution in [0.1, 0.15) is 29.8 Å². The standard InChI is InChI=1S/C10H15N3O2/c1-13-6-8(11)9(12-13)10(14)15-5-4-7-2-3-7/h6-7H,2-5,11H2,1H3. The van der Waals surface area contributed by atoms with Crippen molar-refractivity contribution in [2.24, 2.45) is 13.0 Å². The molecule has 0 saturated heterocycles. The van der Waals surface area contributed by atoms with Crippen LogP contribution in [-0.2, 0) is 11.8 Å². The normalized spacial score (nSPS) is 15.3. The molecule has 0 aromatic carbocycles. The molecule has 2 N–H and O–H groups in total. The van der Waals surface area contributed by atoms with Crippen molar-refractivity contribution in [2.45, 2.75) is 19.3 Å². The minimum absolute atomic E-state index is 0.216. The molecule has 0 atom stereocenters. The minimum atomic E-state index is -0.422. The van der Waals surface area contributed by atoms with E-state index in [-0.39, 0.29) is 5.69 Å². The predicted molar refractivity (Wildman–Crippen MR) is 55.2 cm³/mol. The molecule has 1 aromatic heterocycles. The molecule has 0 aliphatic heterocycles.